The minimum atomic E-state index is -0.297. The predicted octanol–water partition coefficient (Wildman–Crippen LogP) is 3.25. The Hall–Kier alpha value is -2.98. The van der Waals surface area contributed by atoms with E-state index in [2.05, 4.69) is 20.9 Å². The van der Waals surface area contributed by atoms with E-state index in [0.717, 1.165) is 15.4 Å². The summed E-state index contributed by atoms with van der Waals surface area (Å²) in [5.41, 5.74) is 0.787. The number of anilines is 1. The number of hydrogen-bond donors (Lipinski definition) is 3. The van der Waals surface area contributed by atoms with Gasteiger partial charge in [0.1, 0.15) is 0 Å². The van der Waals surface area contributed by atoms with E-state index in [1.54, 1.807) is 23.5 Å². The lowest BCUT2D eigenvalue weighted by atomic mass is 10.3. The highest BCUT2D eigenvalue weighted by molar-refractivity contribution is 7.17. The molecule has 8 nitrogen and oxygen atoms in total. The molecule has 0 bridgehead atoms. The van der Waals surface area contributed by atoms with Gasteiger partial charge < -0.3 is 20.4 Å². The molecule has 0 aliphatic carbocycles. The fraction of sp³-hybridized carbons (Fsp3) is 0.263. The van der Waals surface area contributed by atoms with E-state index in [-0.39, 0.29) is 29.9 Å². The van der Waals surface area contributed by atoms with Crippen molar-refractivity contribution in [3.8, 4) is 10.6 Å². The number of thiophene rings is 1. The predicted molar refractivity (Wildman–Crippen MR) is 112 cm³/mol. The van der Waals surface area contributed by atoms with Gasteiger partial charge in [0.2, 0.25) is 11.8 Å². The van der Waals surface area contributed by atoms with Gasteiger partial charge in [0.05, 0.1) is 23.4 Å². The molecule has 3 aromatic rings. The summed E-state index contributed by atoms with van der Waals surface area (Å²) in [5.74, 6) is -0.276. The summed E-state index contributed by atoms with van der Waals surface area (Å²) in [6.45, 7) is 2.35. The molecule has 0 radical (unpaired) electrons. The standard InChI is InChI=1S/C19H20N4O4S2/c1-12(24)21-10-13-6-7-16(29-13)14-11-28-19(22-14)23-17(25)5-2-8-20-18(26)15-4-3-9-27-15/h3-4,6-7,9,11H,2,5,8,10H2,1H3,(H,20,26)(H,21,24)(H,22,23,25). The van der Waals surface area contributed by atoms with Crippen LogP contribution in [-0.2, 0) is 16.1 Å². The van der Waals surface area contributed by atoms with Crippen molar-refractivity contribution in [2.24, 2.45) is 0 Å². The summed E-state index contributed by atoms with van der Waals surface area (Å²) >= 11 is 2.90. The highest BCUT2D eigenvalue weighted by Gasteiger charge is 2.11. The molecule has 0 aliphatic heterocycles. The van der Waals surface area contributed by atoms with Crippen LogP contribution >= 0.6 is 22.7 Å². The number of aromatic nitrogens is 1. The molecule has 3 N–H and O–H groups in total. The van der Waals surface area contributed by atoms with Crippen LogP contribution in [-0.4, -0.2) is 29.3 Å². The van der Waals surface area contributed by atoms with Crippen molar-refractivity contribution in [3.63, 3.8) is 0 Å². The van der Waals surface area contributed by atoms with Crippen LogP contribution in [0.3, 0.4) is 0 Å². The van der Waals surface area contributed by atoms with Crippen molar-refractivity contribution in [1.29, 1.82) is 0 Å². The summed E-state index contributed by atoms with van der Waals surface area (Å²) < 4.78 is 5.00. The van der Waals surface area contributed by atoms with Gasteiger partial charge in [0.15, 0.2) is 10.9 Å². The lowest BCUT2D eigenvalue weighted by Gasteiger charge is -2.03. The Morgan fingerprint density at radius 2 is 2.03 bits per heavy atom. The van der Waals surface area contributed by atoms with Crippen LogP contribution in [0.1, 0.15) is 35.2 Å². The molecule has 0 spiro atoms. The van der Waals surface area contributed by atoms with E-state index in [0.29, 0.717) is 24.6 Å². The molecule has 0 unspecified atom stereocenters. The van der Waals surface area contributed by atoms with Crippen molar-refractivity contribution in [3.05, 3.63) is 46.5 Å². The number of carbonyl (C=O) groups is 3. The maximum Gasteiger partial charge on any atom is 0.286 e. The third-order valence-corrected chi connectivity index (χ3v) is 5.65. The molecule has 3 aromatic heterocycles. The molecule has 29 heavy (non-hydrogen) atoms. The molecular formula is C19H20N4O4S2. The molecule has 0 aromatic carbocycles. The van der Waals surface area contributed by atoms with Gasteiger partial charge >= 0.3 is 0 Å². The first-order chi connectivity index (χ1) is 14.0. The molecule has 0 saturated carbocycles. The second-order valence-corrected chi connectivity index (χ2v) is 8.12. The zero-order chi connectivity index (χ0) is 20.6. The van der Waals surface area contributed by atoms with Gasteiger partial charge in [-0.25, -0.2) is 4.98 Å². The monoisotopic (exact) mass is 432 g/mol. The summed E-state index contributed by atoms with van der Waals surface area (Å²) in [5, 5.41) is 10.7. The van der Waals surface area contributed by atoms with Crippen LogP contribution < -0.4 is 16.0 Å². The fourth-order valence-corrected chi connectivity index (χ4v) is 4.10. The third-order valence-electron chi connectivity index (χ3n) is 3.79. The van der Waals surface area contributed by atoms with Gasteiger partial charge in [-0.15, -0.1) is 22.7 Å². The number of nitrogens with one attached hydrogen (secondary N) is 3. The minimum Gasteiger partial charge on any atom is -0.459 e. The topological polar surface area (TPSA) is 113 Å². The molecule has 3 amide bonds. The highest BCUT2D eigenvalue weighted by Crippen LogP contribution is 2.30. The number of hydrogen-bond acceptors (Lipinski definition) is 7. The number of carbonyl (C=O) groups excluding carboxylic acids is 3. The van der Waals surface area contributed by atoms with Crippen molar-refractivity contribution < 1.29 is 18.8 Å². The Balaban J connectivity index is 1.42. The summed E-state index contributed by atoms with van der Waals surface area (Å²) in [6.07, 6.45) is 2.21. The zero-order valence-electron chi connectivity index (χ0n) is 15.7. The molecule has 152 valence electrons. The molecule has 3 rings (SSSR count). The summed E-state index contributed by atoms with van der Waals surface area (Å²) in [6, 6.07) is 7.12. The molecular weight excluding hydrogens is 412 g/mol. The van der Waals surface area contributed by atoms with Crippen LogP contribution in [0, 0.1) is 0 Å². The minimum absolute atomic E-state index is 0.0702. The van der Waals surface area contributed by atoms with Crippen LogP contribution in [0.4, 0.5) is 5.13 Å². The van der Waals surface area contributed by atoms with Crippen LogP contribution in [0.25, 0.3) is 10.6 Å². The summed E-state index contributed by atoms with van der Waals surface area (Å²) in [7, 11) is 0. The Labute approximate surface area is 175 Å². The first kappa shape index (κ1) is 20.7. The number of thiazole rings is 1. The summed E-state index contributed by atoms with van der Waals surface area (Å²) in [4.78, 5) is 41.2. The van der Waals surface area contributed by atoms with Crippen LogP contribution in [0.15, 0.2) is 40.3 Å². The second kappa shape index (κ2) is 9.99. The molecule has 0 atom stereocenters. The Morgan fingerprint density at radius 3 is 2.79 bits per heavy atom. The van der Waals surface area contributed by atoms with Gasteiger partial charge in [-0.05, 0) is 30.7 Å². The molecule has 0 saturated heterocycles. The maximum atomic E-state index is 12.1. The first-order valence-corrected chi connectivity index (χ1v) is 10.6. The van der Waals surface area contributed by atoms with Gasteiger partial charge in [-0.2, -0.15) is 0 Å². The molecule has 3 heterocycles. The number of amides is 3. The van der Waals surface area contributed by atoms with Gasteiger partial charge in [0, 0.05) is 30.1 Å². The SMILES string of the molecule is CC(=O)NCc1ccc(-c2csc(NC(=O)CCCNC(=O)c3ccco3)n2)s1. The van der Waals surface area contributed by atoms with E-state index in [9.17, 15) is 14.4 Å². The Kier molecular flexibility index (Phi) is 7.14. The van der Waals surface area contributed by atoms with Gasteiger partial charge in [-0.3, -0.25) is 14.4 Å². The maximum absolute atomic E-state index is 12.1. The Bertz CT molecular complexity index is 978. The number of nitrogens with zero attached hydrogens (tertiary/aromatic N) is 1. The lowest BCUT2D eigenvalue weighted by Crippen LogP contribution is -2.25. The van der Waals surface area contributed by atoms with Crippen molar-refractivity contribution in [2.45, 2.75) is 26.3 Å². The largest absolute Gasteiger partial charge is 0.459 e. The number of rotatable bonds is 9. The van der Waals surface area contributed by atoms with Crippen molar-refractivity contribution in [2.75, 3.05) is 11.9 Å². The van der Waals surface area contributed by atoms with Crippen molar-refractivity contribution >= 4 is 45.5 Å². The van der Waals surface area contributed by atoms with Gasteiger partial charge in [-0.1, -0.05) is 0 Å². The van der Waals surface area contributed by atoms with E-state index in [1.165, 1.54) is 24.5 Å². The second-order valence-electron chi connectivity index (χ2n) is 6.10. The smallest absolute Gasteiger partial charge is 0.286 e. The van der Waals surface area contributed by atoms with E-state index in [1.807, 2.05) is 17.5 Å². The molecule has 0 aliphatic rings. The van der Waals surface area contributed by atoms with E-state index >= 15 is 0 Å². The zero-order valence-corrected chi connectivity index (χ0v) is 17.3. The van der Waals surface area contributed by atoms with E-state index < -0.39 is 0 Å². The van der Waals surface area contributed by atoms with Gasteiger partial charge in [0.25, 0.3) is 5.91 Å². The van der Waals surface area contributed by atoms with Crippen molar-refractivity contribution in [1.82, 2.24) is 15.6 Å². The Morgan fingerprint density at radius 1 is 1.17 bits per heavy atom. The third kappa shape index (κ3) is 6.26. The highest BCUT2D eigenvalue weighted by atomic mass is 32.1. The van der Waals surface area contributed by atoms with Crippen LogP contribution in [0.5, 0.6) is 0 Å². The average Bonchev–Trinajstić information content (AvgIpc) is 3.44. The van der Waals surface area contributed by atoms with E-state index in [4.69, 9.17) is 4.42 Å². The normalized spacial score (nSPS) is 10.5. The number of furan rings is 1. The quantitative estimate of drug-likeness (QED) is 0.449. The average molecular weight is 433 g/mol. The lowest BCUT2D eigenvalue weighted by molar-refractivity contribution is -0.119. The van der Waals surface area contributed by atoms with Crippen LogP contribution in [0.2, 0.25) is 0 Å². The molecule has 0 fully saturated rings. The first-order valence-electron chi connectivity index (χ1n) is 8.92. The fourth-order valence-electron chi connectivity index (χ4n) is 2.39. The molecule has 10 heteroatoms.